The summed E-state index contributed by atoms with van der Waals surface area (Å²) in [6, 6.07) is 76.2. The molecule has 11 aromatic rings. The second kappa shape index (κ2) is 12.3. The van der Waals surface area contributed by atoms with Crippen LogP contribution in [0.2, 0.25) is 0 Å². The Bertz CT molecular complexity index is 3050. The van der Waals surface area contributed by atoms with Gasteiger partial charge in [-0.25, -0.2) is 0 Å². The van der Waals surface area contributed by atoms with Crippen LogP contribution in [0.4, 0.5) is 0 Å². The summed E-state index contributed by atoms with van der Waals surface area (Å²) < 4.78 is 0. The van der Waals surface area contributed by atoms with Gasteiger partial charge in [0.15, 0.2) is 0 Å². The number of hydrogen-bond donors (Lipinski definition) is 0. The van der Waals surface area contributed by atoms with E-state index in [4.69, 9.17) is 0 Å². The van der Waals surface area contributed by atoms with E-state index >= 15 is 0 Å². The molecule has 0 aliphatic heterocycles. The van der Waals surface area contributed by atoms with Gasteiger partial charge in [0.2, 0.25) is 0 Å². The van der Waals surface area contributed by atoms with Crippen LogP contribution in [-0.2, 0) is 0 Å². The number of hydrogen-bond acceptors (Lipinski definition) is 0. The summed E-state index contributed by atoms with van der Waals surface area (Å²) in [5, 5.41) is 15.3. The minimum absolute atomic E-state index is 1.22. The Balaban J connectivity index is 0.957. The van der Waals surface area contributed by atoms with Crippen LogP contribution < -0.4 is 0 Å². The SMILES string of the molecule is c1cc(-c2ccc3cc4cc(-c5cccc(-c6cc7ccccc7c7ccccc67)c5)ccc4cc3c2)cc(-c2cc3ccccc3c3ccccc23)c1. The number of benzene rings is 11. The molecule has 0 amide bonds. The normalized spacial score (nSPS) is 11.7. The molecular formula is C54H34. The van der Waals surface area contributed by atoms with E-state index in [0.29, 0.717) is 0 Å². The first-order chi connectivity index (χ1) is 26.7. The molecule has 0 heteroatoms. The first kappa shape index (κ1) is 30.6. The standard InChI is InChI=1S/C54H34/c1-3-17-47-43(11-1)33-53(51-21-7-5-19-49(47)51)41-15-9-13-35(27-41)37-23-25-39-32-46-30-38(24-26-40(46)31-45(39)29-37)36-14-10-16-42(28-36)54-34-44-12-2-4-18-48(44)50-20-6-8-22-52(50)54/h1-34H. The van der Waals surface area contributed by atoms with Crippen LogP contribution in [0.15, 0.2) is 206 Å². The van der Waals surface area contributed by atoms with E-state index in [-0.39, 0.29) is 0 Å². The quantitative estimate of drug-likeness (QED) is 0.128. The van der Waals surface area contributed by atoms with Gasteiger partial charge in [-0.3, -0.25) is 0 Å². The van der Waals surface area contributed by atoms with Gasteiger partial charge in [0.1, 0.15) is 0 Å². The Kier molecular flexibility index (Phi) is 6.97. The molecule has 0 aliphatic carbocycles. The molecule has 0 bridgehead atoms. The molecule has 0 atom stereocenters. The van der Waals surface area contributed by atoms with Gasteiger partial charge >= 0.3 is 0 Å². The van der Waals surface area contributed by atoms with Crippen molar-refractivity contribution in [2.24, 2.45) is 0 Å². The fourth-order valence-corrected chi connectivity index (χ4v) is 8.68. The molecule has 11 rings (SSSR count). The van der Waals surface area contributed by atoms with E-state index in [1.54, 1.807) is 0 Å². The van der Waals surface area contributed by atoms with Crippen LogP contribution in [0, 0.1) is 0 Å². The summed E-state index contributed by atoms with van der Waals surface area (Å²) in [6.07, 6.45) is 0. The van der Waals surface area contributed by atoms with Crippen LogP contribution in [0.5, 0.6) is 0 Å². The summed E-state index contributed by atoms with van der Waals surface area (Å²) in [5.74, 6) is 0. The lowest BCUT2D eigenvalue weighted by atomic mass is 9.91. The molecule has 0 saturated carbocycles. The highest BCUT2D eigenvalue weighted by atomic mass is 14.2. The largest absolute Gasteiger partial charge is 0.0616 e. The maximum Gasteiger partial charge on any atom is -0.00988 e. The maximum absolute atomic E-state index is 2.35. The van der Waals surface area contributed by atoms with Crippen LogP contribution in [0.3, 0.4) is 0 Å². The summed E-state index contributed by atoms with van der Waals surface area (Å²) in [5.41, 5.74) is 9.90. The molecule has 0 N–H and O–H groups in total. The Morgan fingerprint density at radius 1 is 0.167 bits per heavy atom. The van der Waals surface area contributed by atoms with Crippen molar-refractivity contribution in [1.29, 1.82) is 0 Å². The van der Waals surface area contributed by atoms with Gasteiger partial charge in [-0.2, -0.15) is 0 Å². The van der Waals surface area contributed by atoms with Crippen molar-refractivity contribution in [3.8, 4) is 44.5 Å². The summed E-state index contributed by atoms with van der Waals surface area (Å²) >= 11 is 0. The minimum Gasteiger partial charge on any atom is -0.0616 e. The molecule has 0 spiro atoms. The van der Waals surface area contributed by atoms with E-state index in [1.165, 1.54) is 109 Å². The van der Waals surface area contributed by atoms with Crippen LogP contribution in [0.25, 0.3) is 109 Å². The molecule has 0 heterocycles. The minimum atomic E-state index is 1.22. The van der Waals surface area contributed by atoms with Crippen molar-refractivity contribution in [3.05, 3.63) is 206 Å². The highest BCUT2D eigenvalue weighted by molar-refractivity contribution is 6.15. The summed E-state index contributed by atoms with van der Waals surface area (Å²) in [6.45, 7) is 0. The Morgan fingerprint density at radius 3 is 1.00 bits per heavy atom. The fourth-order valence-electron chi connectivity index (χ4n) is 8.68. The number of fused-ring (bicyclic) bond motifs is 8. The molecule has 250 valence electrons. The average Bonchev–Trinajstić information content (AvgIpc) is 3.25. The second-order valence-corrected chi connectivity index (χ2v) is 14.5. The van der Waals surface area contributed by atoms with Gasteiger partial charge in [-0.05, 0) is 158 Å². The van der Waals surface area contributed by atoms with E-state index in [0.717, 1.165) is 0 Å². The molecule has 54 heavy (non-hydrogen) atoms. The molecule has 0 fully saturated rings. The average molecular weight is 683 g/mol. The third-order valence-corrected chi connectivity index (χ3v) is 11.3. The van der Waals surface area contributed by atoms with E-state index in [2.05, 4.69) is 206 Å². The lowest BCUT2D eigenvalue weighted by Crippen LogP contribution is -1.87. The van der Waals surface area contributed by atoms with Gasteiger partial charge < -0.3 is 0 Å². The fraction of sp³-hybridized carbons (Fsp3) is 0. The zero-order valence-electron chi connectivity index (χ0n) is 29.6. The topological polar surface area (TPSA) is 0 Å². The van der Waals surface area contributed by atoms with Crippen molar-refractivity contribution < 1.29 is 0 Å². The third kappa shape index (κ3) is 5.07. The van der Waals surface area contributed by atoms with E-state index < -0.39 is 0 Å². The van der Waals surface area contributed by atoms with Crippen molar-refractivity contribution in [3.63, 3.8) is 0 Å². The summed E-state index contributed by atoms with van der Waals surface area (Å²) in [4.78, 5) is 0. The first-order valence-electron chi connectivity index (χ1n) is 18.7. The molecule has 0 aromatic heterocycles. The molecule has 0 saturated heterocycles. The van der Waals surface area contributed by atoms with Gasteiger partial charge in [-0.1, -0.05) is 158 Å². The van der Waals surface area contributed by atoms with Crippen molar-refractivity contribution in [1.82, 2.24) is 0 Å². The van der Waals surface area contributed by atoms with Crippen molar-refractivity contribution in [2.75, 3.05) is 0 Å². The van der Waals surface area contributed by atoms with Crippen molar-refractivity contribution in [2.45, 2.75) is 0 Å². The molecule has 0 radical (unpaired) electrons. The smallest absolute Gasteiger partial charge is 0.00988 e. The van der Waals surface area contributed by atoms with Gasteiger partial charge in [0.25, 0.3) is 0 Å². The third-order valence-electron chi connectivity index (χ3n) is 11.3. The van der Waals surface area contributed by atoms with Gasteiger partial charge in [0.05, 0.1) is 0 Å². The molecule has 11 aromatic carbocycles. The highest BCUT2D eigenvalue weighted by Gasteiger charge is 2.12. The molecule has 0 aliphatic rings. The zero-order valence-corrected chi connectivity index (χ0v) is 29.6. The monoisotopic (exact) mass is 682 g/mol. The predicted molar refractivity (Wildman–Crippen MR) is 233 cm³/mol. The van der Waals surface area contributed by atoms with Crippen LogP contribution in [-0.4, -0.2) is 0 Å². The Labute approximate surface area is 314 Å². The zero-order chi connectivity index (χ0) is 35.6. The predicted octanol–water partition coefficient (Wildman–Crippen LogP) is 15.3. The number of rotatable bonds is 4. The van der Waals surface area contributed by atoms with E-state index in [1.807, 2.05) is 0 Å². The summed E-state index contributed by atoms with van der Waals surface area (Å²) in [7, 11) is 0. The van der Waals surface area contributed by atoms with E-state index in [9.17, 15) is 0 Å². The van der Waals surface area contributed by atoms with Crippen LogP contribution >= 0.6 is 0 Å². The molecular weight excluding hydrogens is 649 g/mol. The van der Waals surface area contributed by atoms with Gasteiger partial charge in [-0.15, -0.1) is 0 Å². The molecule has 0 nitrogen and oxygen atoms in total. The molecule has 0 unspecified atom stereocenters. The van der Waals surface area contributed by atoms with Gasteiger partial charge in [0, 0.05) is 0 Å². The van der Waals surface area contributed by atoms with Crippen molar-refractivity contribution >= 4 is 64.6 Å². The lowest BCUT2D eigenvalue weighted by molar-refractivity contribution is 1.62. The lowest BCUT2D eigenvalue weighted by Gasteiger charge is -2.13. The second-order valence-electron chi connectivity index (χ2n) is 14.5. The Morgan fingerprint density at radius 2 is 0.537 bits per heavy atom. The highest BCUT2D eigenvalue weighted by Crippen LogP contribution is 2.39. The Hall–Kier alpha value is -7.02. The maximum atomic E-state index is 2.35. The first-order valence-corrected chi connectivity index (χ1v) is 18.7. The van der Waals surface area contributed by atoms with Crippen LogP contribution in [0.1, 0.15) is 0 Å².